The van der Waals surface area contributed by atoms with Crippen LogP contribution in [0.15, 0.2) is 53.4 Å². The van der Waals surface area contributed by atoms with E-state index in [4.69, 9.17) is 4.74 Å². The predicted molar refractivity (Wildman–Crippen MR) is 132 cm³/mol. The van der Waals surface area contributed by atoms with Gasteiger partial charge in [0.25, 0.3) is 5.91 Å². The number of morpholine rings is 1. The third-order valence-corrected chi connectivity index (χ3v) is 9.01. The molecule has 1 amide bonds. The zero-order valence-electron chi connectivity index (χ0n) is 19.7. The van der Waals surface area contributed by atoms with E-state index in [1.165, 1.54) is 15.4 Å². The van der Waals surface area contributed by atoms with E-state index in [0.29, 0.717) is 32.2 Å². The predicted octanol–water partition coefficient (Wildman–Crippen LogP) is 2.86. The maximum Gasteiger partial charge on any atom is 0.251 e. The molecule has 3 heterocycles. The summed E-state index contributed by atoms with van der Waals surface area (Å²) in [5.41, 5.74) is 4.27. The van der Waals surface area contributed by atoms with Crippen molar-refractivity contribution in [2.75, 3.05) is 51.3 Å². The van der Waals surface area contributed by atoms with E-state index in [-0.39, 0.29) is 16.8 Å². The van der Waals surface area contributed by atoms with E-state index >= 15 is 0 Å². The zero-order valence-corrected chi connectivity index (χ0v) is 20.5. The van der Waals surface area contributed by atoms with Crippen molar-refractivity contribution < 1.29 is 17.9 Å². The number of anilines is 1. The van der Waals surface area contributed by atoms with E-state index < -0.39 is 10.0 Å². The van der Waals surface area contributed by atoms with E-state index in [2.05, 4.69) is 37.1 Å². The number of ether oxygens (including phenoxy) is 1. The monoisotopic (exact) mass is 481 g/mol. The quantitative estimate of drug-likeness (QED) is 0.628. The van der Waals surface area contributed by atoms with Crippen LogP contribution >= 0.6 is 0 Å². The van der Waals surface area contributed by atoms with Gasteiger partial charge in [-0.2, -0.15) is 4.31 Å². The average Bonchev–Trinajstić information content (AvgIpc) is 3.16. The van der Waals surface area contributed by atoms with Gasteiger partial charge in [0.1, 0.15) is 0 Å². The minimum atomic E-state index is -3.53. The van der Waals surface area contributed by atoms with Gasteiger partial charge in [-0.05, 0) is 62.3 Å². The molecule has 8 heteroatoms. The SMILES string of the molecule is Cc1ccc2c(c1)[C@@H]1CN(C)CC[C@@H]1N2C(=O)/C=C/c1ccc(S(=O)(=O)N2CCOCC2)cc1. The standard InChI is InChI=1S/C26H31N3O4S/c1-19-3-9-24-22(17-19)23-18-27(2)12-11-25(23)29(24)26(30)10-6-20-4-7-21(8-5-20)34(31,32)28-13-15-33-16-14-28/h3-10,17,23,25H,11-16,18H2,1-2H3/b10-6+/t23-,25-/m0/s1. The minimum Gasteiger partial charge on any atom is -0.379 e. The molecule has 0 spiro atoms. The van der Waals surface area contributed by atoms with Gasteiger partial charge in [-0.3, -0.25) is 4.79 Å². The second-order valence-electron chi connectivity index (χ2n) is 9.41. The minimum absolute atomic E-state index is 0.0350. The number of carbonyl (C=O) groups excluding carboxylic acids is 1. The summed E-state index contributed by atoms with van der Waals surface area (Å²) in [5, 5.41) is 0. The number of amides is 1. The van der Waals surface area contributed by atoms with Gasteiger partial charge in [-0.25, -0.2) is 8.42 Å². The van der Waals surface area contributed by atoms with Crippen LogP contribution in [0, 0.1) is 6.92 Å². The Hall–Kier alpha value is -2.52. The van der Waals surface area contributed by atoms with Crippen molar-refractivity contribution in [2.24, 2.45) is 0 Å². The summed E-state index contributed by atoms with van der Waals surface area (Å²) in [5.74, 6) is 0.294. The second kappa shape index (κ2) is 9.26. The fourth-order valence-corrected chi connectivity index (χ4v) is 6.71. The lowest BCUT2D eigenvalue weighted by Crippen LogP contribution is -2.46. The molecule has 180 valence electrons. The molecule has 2 aromatic rings. The zero-order chi connectivity index (χ0) is 23.9. The van der Waals surface area contributed by atoms with Crippen molar-refractivity contribution in [3.63, 3.8) is 0 Å². The van der Waals surface area contributed by atoms with Gasteiger partial charge in [-0.1, -0.05) is 29.8 Å². The fraction of sp³-hybridized carbons (Fsp3) is 0.423. The molecule has 2 fully saturated rings. The molecule has 0 unspecified atom stereocenters. The molecule has 0 N–H and O–H groups in total. The van der Waals surface area contributed by atoms with E-state index in [9.17, 15) is 13.2 Å². The highest BCUT2D eigenvalue weighted by atomic mass is 32.2. The van der Waals surface area contributed by atoms with Gasteiger partial charge < -0.3 is 14.5 Å². The lowest BCUT2D eigenvalue weighted by Gasteiger charge is -2.36. The number of hydrogen-bond donors (Lipinski definition) is 0. The van der Waals surface area contributed by atoms with Crippen LogP contribution in [0.1, 0.15) is 29.0 Å². The summed E-state index contributed by atoms with van der Waals surface area (Å²) in [6, 6.07) is 13.2. The molecule has 0 bridgehead atoms. The molecule has 34 heavy (non-hydrogen) atoms. The number of benzene rings is 2. The number of aryl methyl sites for hydroxylation is 1. The summed E-state index contributed by atoms with van der Waals surface area (Å²) < 4.78 is 32.4. The van der Waals surface area contributed by atoms with Gasteiger partial charge in [0.05, 0.1) is 18.1 Å². The van der Waals surface area contributed by atoms with Crippen LogP contribution in [-0.2, 0) is 19.6 Å². The smallest absolute Gasteiger partial charge is 0.251 e. The number of hydrogen-bond acceptors (Lipinski definition) is 5. The van der Waals surface area contributed by atoms with Crippen molar-refractivity contribution in [3.05, 3.63) is 65.2 Å². The van der Waals surface area contributed by atoms with Crippen LogP contribution in [0.3, 0.4) is 0 Å². The van der Waals surface area contributed by atoms with Gasteiger partial charge in [0.2, 0.25) is 10.0 Å². The van der Waals surface area contributed by atoms with Gasteiger partial charge in [-0.15, -0.1) is 0 Å². The Kier molecular flexibility index (Phi) is 6.33. The first-order valence-corrected chi connectivity index (χ1v) is 13.3. The molecule has 2 saturated heterocycles. The molecule has 0 saturated carbocycles. The topological polar surface area (TPSA) is 70.2 Å². The lowest BCUT2D eigenvalue weighted by atomic mass is 9.89. The highest BCUT2D eigenvalue weighted by Gasteiger charge is 2.43. The van der Waals surface area contributed by atoms with Crippen molar-refractivity contribution in [2.45, 2.75) is 30.2 Å². The number of likely N-dealkylation sites (N-methyl/N-ethyl adjacent to an activating group) is 1. The Morgan fingerprint density at radius 3 is 2.53 bits per heavy atom. The number of nitrogens with zero attached hydrogens (tertiary/aromatic N) is 3. The largest absolute Gasteiger partial charge is 0.379 e. The van der Waals surface area contributed by atoms with Crippen molar-refractivity contribution in [3.8, 4) is 0 Å². The second-order valence-corrected chi connectivity index (χ2v) is 11.4. The molecule has 3 aliphatic rings. The molecule has 0 aromatic heterocycles. The Bertz CT molecular complexity index is 1200. The van der Waals surface area contributed by atoms with Crippen LogP contribution < -0.4 is 4.90 Å². The normalized spacial score (nSPS) is 23.8. The van der Waals surface area contributed by atoms with Gasteiger partial charge in [0, 0.05) is 43.4 Å². The third-order valence-electron chi connectivity index (χ3n) is 7.10. The highest BCUT2D eigenvalue weighted by Crippen LogP contribution is 2.45. The summed E-state index contributed by atoms with van der Waals surface area (Å²) in [7, 11) is -1.39. The molecular weight excluding hydrogens is 450 g/mol. The maximum absolute atomic E-state index is 13.3. The molecule has 2 aromatic carbocycles. The molecule has 0 aliphatic carbocycles. The molecule has 5 rings (SSSR count). The fourth-order valence-electron chi connectivity index (χ4n) is 5.30. The Balaban J connectivity index is 1.34. The van der Waals surface area contributed by atoms with E-state index in [1.54, 1.807) is 36.4 Å². The highest BCUT2D eigenvalue weighted by molar-refractivity contribution is 7.89. The first-order chi connectivity index (χ1) is 16.3. The molecule has 7 nitrogen and oxygen atoms in total. The van der Waals surface area contributed by atoms with Gasteiger partial charge >= 0.3 is 0 Å². The van der Waals surface area contributed by atoms with Gasteiger partial charge in [0.15, 0.2) is 0 Å². The van der Waals surface area contributed by atoms with E-state index in [1.807, 2.05) is 4.90 Å². The van der Waals surface area contributed by atoms with Crippen molar-refractivity contribution in [1.82, 2.24) is 9.21 Å². The first-order valence-electron chi connectivity index (χ1n) is 11.8. The van der Waals surface area contributed by atoms with Crippen molar-refractivity contribution in [1.29, 1.82) is 0 Å². The summed E-state index contributed by atoms with van der Waals surface area (Å²) in [6.07, 6.45) is 4.32. The Morgan fingerprint density at radius 2 is 1.79 bits per heavy atom. The van der Waals surface area contributed by atoms with Crippen molar-refractivity contribution >= 4 is 27.7 Å². The number of likely N-dealkylation sites (tertiary alicyclic amines) is 1. The number of piperidine rings is 1. The summed E-state index contributed by atoms with van der Waals surface area (Å²) >= 11 is 0. The van der Waals surface area contributed by atoms with Crippen LogP contribution in [0.25, 0.3) is 6.08 Å². The molecule has 2 atom stereocenters. The number of fused-ring (bicyclic) bond motifs is 3. The lowest BCUT2D eigenvalue weighted by molar-refractivity contribution is -0.114. The van der Waals surface area contributed by atoms with Crippen LogP contribution in [0.5, 0.6) is 0 Å². The number of sulfonamides is 1. The maximum atomic E-state index is 13.3. The first kappa shape index (κ1) is 23.2. The summed E-state index contributed by atoms with van der Waals surface area (Å²) in [4.78, 5) is 17.9. The number of carbonyl (C=O) groups is 1. The number of rotatable bonds is 4. The molecular formula is C26H31N3O4S. The third kappa shape index (κ3) is 4.31. The Morgan fingerprint density at radius 1 is 1.06 bits per heavy atom. The van der Waals surface area contributed by atoms with Crippen LogP contribution in [0.4, 0.5) is 5.69 Å². The molecule has 0 radical (unpaired) electrons. The van der Waals surface area contributed by atoms with Crippen LogP contribution in [0.2, 0.25) is 0 Å². The van der Waals surface area contributed by atoms with E-state index in [0.717, 1.165) is 30.8 Å². The van der Waals surface area contributed by atoms with Crippen LogP contribution in [-0.4, -0.2) is 76.0 Å². The Labute approximate surface area is 201 Å². The summed E-state index contributed by atoms with van der Waals surface area (Å²) in [6.45, 7) is 5.59. The molecule has 3 aliphatic heterocycles. The average molecular weight is 482 g/mol.